The molecule has 1 N–H and O–H groups in total. The molecule has 2 aliphatic rings. The summed E-state index contributed by atoms with van der Waals surface area (Å²) in [6, 6.07) is 0. The summed E-state index contributed by atoms with van der Waals surface area (Å²) in [5.41, 5.74) is -0.0636. The maximum atomic E-state index is 11.2. The third-order valence-corrected chi connectivity index (χ3v) is 3.73. The van der Waals surface area contributed by atoms with Crippen LogP contribution < -0.4 is 5.32 Å². The smallest absolute Gasteiger partial charge is 0.408 e. The van der Waals surface area contributed by atoms with Gasteiger partial charge in [-0.3, -0.25) is 0 Å². The Morgan fingerprint density at radius 3 is 3.25 bits per heavy atom. The summed E-state index contributed by atoms with van der Waals surface area (Å²) in [5.74, 6) is 0.577. The van der Waals surface area contributed by atoms with Crippen LogP contribution in [0.5, 0.6) is 0 Å². The van der Waals surface area contributed by atoms with E-state index in [9.17, 15) is 4.79 Å². The quantitative estimate of drug-likeness (QED) is 0.458. The lowest BCUT2D eigenvalue weighted by Crippen LogP contribution is -2.44. The number of rotatable bonds is 5. The number of carbonyl (C=O) groups is 1. The number of hydrogen-bond acceptors (Lipinski definition) is 2. The molecule has 0 bridgehead atoms. The first-order chi connectivity index (χ1) is 7.77. The van der Waals surface area contributed by atoms with Crippen molar-refractivity contribution in [1.82, 2.24) is 5.32 Å². The number of allylic oxidation sites excluding steroid dienone is 2. The normalized spacial score (nSPS) is 32.8. The van der Waals surface area contributed by atoms with Crippen LogP contribution in [0, 0.1) is 0 Å². The molecule has 0 aromatic rings. The molecular weight excluding hydrogens is 226 g/mol. The fraction of sp³-hybridized carbons (Fsp3) is 0.750. The molecular formula is C12H18ClNO2. The number of halogens is 1. The minimum absolute atomic E-state index is 0.0636. The highest BCUT2D eigenvalue weighted by Crippen LogP contribution is 2.39. The number of amides is 1. The molecule has 2 rings (SSSR count). The van der Waals surface area contributed by atoms with Gasteiger partial charge in [0.2, 0.25) is 0 Å². The van der Waals surface area contributed by atoms with E-state index in [1.807, 2.05) is 6.08 Å². The molecule has 4 heteroatoms. The number of carbonyl (C=O) groups excluding carboxylic acids is 1. The van der Waals surface area contributed by atoms with Gasteiger partial charge in [0.05, 0.1) is 5.54 Å². The van der Waals surface area contributed by atoms with Crippen LogP contribution in [0.25, 0.3) is 0 Å². The van der Waals surface area contributed by atoms with Crippen LogP contribution in [0.1, 0.15) is 38.5 Å². The monoisotopic (exact) mass is 243 g/mol. The van der Waals surface area contributed by atoms with Gasteiger partial charge in [-0.15, -0.1) is 11.6 Å². The average Bonchev–Trinajstić information content (AvgIpc) is 2.73. The van der Waals surface area contributed by atoms with Gasteiger partial charge in [-0.1, -0.05) is 12.2 Å². The van der Waals surface area contributed by atoms with E-state index in [0.717, 1.165) is 38.5 Å². The summed E-state index contributed by atoms with van der Waals surface area (Å²) >= 11 is 5.55. The molecule has 0 spiro atoms. The number of unbranched alkanes of at least 4 members (excludes halogenated alkanes) is 1. The van der Waals surface area contributed by atoms with Gasteiger partial charge < -0.3 is 10.1 Å². The van der Waals surface area contributed by atoms with Gasteiger partial charge in [-0.25, -0.2) is 4.79 Å². The summed E-state index contributed by atoms with van der Waals surface area (Å²) in [7, 11) is 0. The second-order valence-electron chi connectivity index (χ2n) is 4.59. The Labute approximate surface area is 101 Å². The van der Waals surface area contributed by atoms with E-state index in [-0.39, 0.29) is 17.7 Å². The van der Waals surface area contributed by atoms with Crippen LogP contribution in [-0.4, -0.2) is 23.6 Å². The van der Waals surface area contributed by atoms with Crippen LogP contribution in [0.3, 0.4) is 0 Å². The van der Waals surface area contributed by atoms with Gasteiger partial charge in [0.15, 0.2) is 0 Å². The molecule has 0 radical (unpaired) electrons. The first kappa shape index (κ1) is 11.8. The van der Waals surface area contributed by atoms with Crippen molar-refractivity contribution in [2.75, 3.05) is 5.88 Å². The lowest BCUT2D eigenvalue weighted by atomic mass is 9.89. The number of nitrogens with one attached hydrogen (secondary N) is 1. The summed E-state index contributed by atoms with van der Waals surface area (Å²) in [5, 5.41) is 3.01. The fourth-order valence-electron chi connectivity index (χ4n) is 2.78. The lowest BCUT2D eigenvalue weighted by Gasteiger charge is -2.25. The standard InChI is InChI=1S/C12H18ClNO2/c13-9-4-2-1-3-7-12-8-5-6-10(12)16-11(15)14-12/h2,4,10H,1,3,5-9H2,(H,14,15)/b4-2-/t10-,12+/m0/s1. The molecule has 1 heterocycles. The van der Waals surface area contributed by atoms with Gasteiger partial charge >= 0.3 is 6.09 Å². The fourth-order valence-corrected chi connectivity index (χ4v) is 2.91. The molecule has 1 saturated heterocycles. The van der Waals surface area contributed by atoms with Crippen molar-refractivity contribution in [2.45, 2.75) is 50.2 Å². The largest absolute Gasteiger partial charge is 0.444 e. The Balaban J connectivity index is 1.82. The van der Waals surface area contributed by atoms with Crippen molar-refractivity contribution in [2.24, 2.45) is 0 Å². The zero-order valence-electron chi connectivity index (χ0n) is 9.38. The molecule has 0 unspecified atom stereocenters. The summed E-state index contributed by atoms with van der Waals surface area (Å²) in [6.45, 7) is 0. The predicted molar refractivity (Wildman–Crippen MR) is 63.7 cm³/mol. The molecule has 3 nitrogen and oxygen atoms in total. The second kappa shape index (κ2) is 5.09. The molecule has 2 atom stereocenters. The van der Waals surface area contributed by atoms with Crippen molar-refractivity contribution in [3.63, 3.8) is 0 Å². The molecule has 0 aromatic heterocycles. The molecule has 90 valence electrons. The van der Waals surface area contributed by atoms with E-state index in [1.54, 1.807) is 0 Å². The Kier molecular flexibility index (Phi) is 3.74. The minimum atomic E-state index is -0.235. The van der Waals surface area contributed by atoms with Crippen LogP contribution in [0.4, 0.5) is 4.79 Å². The predicted octanol–water partition coefficient (Wildman–Crippen LogP) is 2.98. The highest BCUT2D eigenvalue weighted by molar-refractivity contribution is 6.18. The van der Waals surface area contributed by atoms with E-state index >= 15 is 0 Å². The Bertz CT molecular complexity index is 293. The highest BCUT2D eigenvalue weighted by atomic mass is 35.5. The van der Waals surface area contributed by atoms with Crippen LogP contribution in [0.15, 0.2) is 12.2 Å². The van der Waals surface area contributed by atoms with E-state index in [4.69, 9.17) is 16.3 Å². The van der Waals surface area contributed by atoms with Gasteiger partial charge in [-0.2, -0.15) is 0 Å². The van der Waals surface area contributed by atoms with Crippen LogP contribution in [0.2, 0.25) is 0 Å². The van der Waals surface area contributed by atoms with Crippen molar-refractivity contribution < 1.29 is 9.53 Å². The van der Waals surface area contributed by atoms with E-state index in [2.05, 4.69) is 11.4 Å². The number of ether oxygens (including phenoxy) is 1. The van der Waals surface area contributed by atoms with Crippen molar-refractivity contribution in [3.8, 4) is 0 Å². The SMILES string of the molecule is O=C1N[C@]2(CCC/C=C\CCl)CCC[C@@H]2O1. The van der Waals surface area contributed by atoms with Gasteiger partial charge in [-0.05, 0) is 38.5 Å². The van der Waals surface area contributed by atoms with Crippen LogP contribution >= 0.6 is 11.6 Å². The lowest BCUT2D eigenvalue weighted by molar-refractivity contribution is 0.119. The molecule has 1 aliphatic heterocycles. The van der Waals surface area contributed by atoms with Crippen LogP contribution in [-0.2, 0) is 4.74 Å². The van der Waals surface area contributed by atoms with Gasteiger partial charge in [0.1, 0.15) is 6.10 Å². The molecule has 1 amide bonds. The summed E-state index contributed by atoms with van der Waals surface area (Å²) < 4.78 is 5.28. The topological polar surface area (TPSA) is 38.3 Å². The molecule has 16 heavy (non-hydrogen) atoms. The number of fused-ring (bicyclic) bond motifs is 1. The summed E-state index contributed by atoms with van der Waals surface area (Å²) in [6.07, 6.45) is 10.3. The second-order valence-corrected chi connectivity index (χ2v) is 4.89. The zero-order chi connectivity index (χ0) is 11.4. The molecule has 0 aromatic carbocycles. The Hall–Kier alpha value is -0.700. The van der Waals surface area contributed by atoms with Gasteiger partial charge in [0, 0.05) is 5.88 Å². The molecule has 1 saturated carbocycles. The van der Waals surface area contributed by atoms with Crippen molar-refractivity contribution in [3.05, 3.63) is 12.2 Å². The van der Waals surface area contributed by atoms with E-state index in [1.165, 1.54) is 0 Å². The molecule has 2 fully saturated rings. The zero-order valence-corrected chi connectivity index (χ0v) is 10.1. The minimum Gasteiger partial charge on any atom is -0.444 e. The van der Waals surface area contributed by atoms with Crippen molar-refractivity contribution >= 4 is 17.7 Å². The first-order valence-electron chi connectivity index (χ1n) is 5.97. The Morgan fingerprint density at radius 1 is 1.56 bits per heavy atom. The third-order valence-electron chi connectivity index (χ3n) is 3.56. The van der Waals surface area contributed by atoms with E-state index in [0.29, 0.717) is 5.88 Å². The van der Waals surface area contributed by atoms with E-state index < -0.39 is 0 Å². The summed E-state index contributed by atoms with van der Waals surface area (Å²) in [4.78, 5) is 11.2. The first-order valence-corrected chi connectivity index (χ1v) is 6.50. The number of alkyl halides is 1. The average molecular weight is 244 g/mol. The third kappa shape index (κ3) is 2.34. The number of alkyl carbamates (subject to hydrolysis) is 1. The van der Waals surface area contributed by atoms with Crippen molar-refractivity contribution in [1.29, 1.82) is 0 Å². The molecule has 1 aliphatic carbocycles. The highest BCUT2D eigenvalue weighted by Gasteiger charge is 2.50. The maximum absolute atomic E-state index is 11.2. The Morgan fingerprint density at radius 2 is 2.44 bits per heavy atom. The number of hydrogen-bond donors (Lipinski definition) is 1. The van der Waals surface area contributed by atoms with Gasteiger partial charge in [0.25, 0.3) is 0 Å². The maximum Gasteiger partial charge on any atom is 0.408 e.